The van der Waals surface area contributed by atoms with Gasteiger partial charge in [-0.15, -0.1) is 0 Å². The van der Waals surface area contributed by atoms with Gasteiger partial charge in [0.1, 0.15) is 0 Å². The van der Waals surface area contributed by atoms with Gasteiger partial charge in [0.2, 0.25) is 0 Å². The minimum Gasteiger partial charge on any atom is -0.351 e. The van der Waals surface area contributed by atoms with Gasteiger partial charge in [0, 0.05) is 18.3 Å². The highest BCUT2D eigenvalue weighted by atomic mass is 16.2. The summed E-state index contributed by atoms with van der Waals surface area (Å²) in [4.78, 5) is 12.8. The predicted molar refractivity (Wildman–Crippen MR) is 61.5 cm³/mol. The quantitative estimate of drug-likeness (QED) is 0.787. The lowest BCUT2D eigenvalue weighted by molar-refractivity contribution is 0.252. The van der Waals surface area contributed by atoms with Crippen LogP contribution >= 0.6 is 0 Å². The fourth-order valence-electron chi connectivity index (χ4n) is 1.47. The summed E-state index contributed by atoms with van der Waals surface area (Å²) >= 11 is 0. The number of amides is 2. The van der Waals surface area contributed by atoms with Gasteiger partial charge in [-0.05, 0) is 31.5 Å². The SMILES string of the molecule is CC(C)N(C(N)=O)c1ccc(CN)cc1. The van der Waals surface area contributed by atoms with Crippen LogP contribution in [0.3, 0.4) is 0 Å². The second-order valence-corrected chi connectivity index (χ2v) is 3.67. The topological polar surface area (TPSA) is 72.3 Å². The van der Waals surface area contributed by atoms with Crippen LogP contribution in [0, 0.1) is 0 Å². The summed E-state index contributed by atoms with van der Waals surface area (Å²) < 4.78 is 0. The van der Waals surface area contributed by atoms with Crippen LogP contribution in [0.1, 0.15) is 19.4 Å². The van der Waals surface area contributed by atoms with Crippen molar-refractivity contribution in [2.45, 2.75) is 26.4 Å². The lowest BCUT2D eigenvalue weighted by Crippen LogP contribution is -2.40. The number of anilines is 1. The largest absolute Gasteiger partial charge is 0.351 e. The summed E-state index contributed by atoms with van der Waals surface area (Å²) in [6, 6.07) is 7.11. The number of benzene rings is 1. The first-order valence-electron chi connectivity index (χ1n) is 4.94. The van der Waals surface area contributed by atoms with Crippen molar-refractivity contribution in [3.63, 3.8) is 0 Å². The third-order valence-electron chi connectivity index (χ3n) is 2.20. The second kappa shape index (κ2) is 4.79. The molecule has 0 aliphatic heterocycles. The van der Waals surface area contributed by atoms with E-state index in [0.717, 1.165) is 11.3 Å². The van der Waals surface area contributed by atoms with E-state index in [9.17, 15) is 4.79 Å². The van der Waals surface area contributed by atoms with Gasteiger partial charge in [-0.3, -0.25) is 4.90 Å². The molecule has 1 aromatic carbocycles. The van der Waals surface area contributed by atoms with E-state index in [2.05, 4.69) is 0 Å². The van der Waals surface area contributed by atoms with E-state index < -0.39 is 6.03 Å². The van der Waals surface area contributed by atoms with Crippen LogP contribution in [0.5, 0.6) is 0 Å². The molecule has 0 unspecified atom stereocenters. The zero-order valence-electron chi connectivity index (χ0n) is 9.10. The van der Waals surface area contributed by atoms with Crippen LogP contribution in [0.25, 0.3) is 0 Å². The average Bonchev–Trinajstić information content (AvgIpc) is 2.18. The van der Waals surface area contributed by atoms with Crippen molar-refractivity contribution in [1.29, 1.82) is 0 Å². The van der Waals surface area contributed by atoms with Gasteiger partial charge in [0.05, 0.1) is 0 Å². The van der Waals surface area contributed by atoms with Gasteiger partial charge in [-0.2, -0.15) is 0 Å². The summed E-state index contributed by atoms with van der Waals surface area (Å²) in [5.41, 5.74) is 12.6. The fraction of sp³-hybridized carbons (Fsp3) is 0.364. The third kappa shape index (κ3) is 2.70. The molecule has 0 saturated heterocycles. The van der Waals surface area contributed by atoms with Gasteiger partial charge in [-0.1, -0.05) is 12.1 Å². The lowest BCUT2D eigenvalue weighted by Gasteiger charge is -2.24. The first-order valence-corrected chi connectivity index (χ1v) is 4.94. The molecule has 4 nitrogen and oxygen atoms in total. The number of carbonyl (C=O) groups is 1. The fourth-order valence-corrected chi connectivity index (χ4v) is 1.47. The summed E-state index contributed by atoms with van der Waals surface area (Å²) in [7, 11) is 0. The van der Waals surface area contributed by atoms with E-state index >= 15 is 0 Å². The maximum absolute atomic E-state index is 11.2. The number of primary amides is 1. The standard InChI is InChI=1S/C11H17N3O/c1-8(2)14(11(13)15)10-5-3-9(7-12)4-6-10/h3-6,8H,7,12H2,1-2H3,(H2,13,15). The molecule has 0 bridgehead atoms. The highest BCUT2D eigenvalue weighted by Crippen LogP contribution is 2.17. The van der Waals surface area contributed by atoms with Crippen molar-refractivity contribution in [3.05, 3.63) is 29.8 Å². The Morgan fingerprint density at radius 3 is 2.20 bits per heavy atom. The monoisotopic (exact) mass is 207 g/mol. The Balaban J connectivity index is 2.97. The average molecular weight is 207 g/mol. The van der Waals surface area contributed by atoms with Crippen molar-refractivity contribution in [2.75, 3.05) is 4.90 Å². The molecule has 0 radical (unpaired) electrons. The molecule has 0 aromatic heterocycles. The summed E-state index contributed by atoms with van der Waals surface area (Å²) in [6.45, 7) is 4.34. The molecule has 2 amide bonds. The summed E-state index contributed by atoms with van der Waals surface area (Å²) in [5.74, 6) is 0. The summed E-state index contributed by atoms with van der Waals surface area (Å²) in [6.07, 6.45) is 0. The van der Waals surface area contributed by atoms with Gasteiger partial charge in [0.15, 0.2) is 0 Å². The predicted octanol–water partition coefficient (Wildman–Crippen LogP) is 1.44. The van der Waals surface area contributed by atoms with Gasteiger partial charge >= 0.3 is 6.03 Å². The Kier molecular flexibility index (Phi) is 3.68. The number of nitrogens with zero attached hydrogens (tertiary/aromatic N) is 1. The number of carbonyl (C=O) groups excluding carboxylic acids is 1. The lowest BCUT2D eigenvalue weighted by atomic mass is 10.2. The molecule has 1 rings (SSSR count). The Bertz CT molecular complexity index is 332. The van der Waals surface area contributed by atoms with Crippen LogP contribution < -0.4 is 16.4 Å². The van der Waals surface area contributed by atoms with Crippen LogP contribution in [0.15, 0.2) is 24.3 Å². The van der Waals surface area contributed by atoms with Crippen molar-refractivity contribution in [3.8, 4) is 0 Å². The maximum atomic E-state index is 11.2. The minimum absolute atomic E-state index is 0.0474. The minimum atomic E-state index is -0.439. The Labute approximate surface area is 89.9 Å². The number of hydrogen-bond acceptors (Lipinski definition) is 2. The molecule has 4 N–H and O–H groups in total. The number of rotatable bonds is 3. The van der Waals surface area contributed by atoms with Gasteiger partial charge in [0.25, 0.3) is 0 Å². The molecule has 1 aromatic rings. The van der Waals surface area contributed by atoms with Crippen molar-refractivity contribution < 1.29 is 4.79 Å². The van der Waals surface area contributed by atoms with E-state index in [0.29, 0.717) is 6.54 Å². The Hall–Kier alpha value is -1.55. The van der Waals surface area contributed by atoms with Crippen LogP contribution in [-0.2, 0) is 6.54 Å². The highest BCUT2D eigenvalue weighted by Gasteiger charge is 2.15. The van der Waals surface area contributed by atoms with E-state index in [1.54, 1.807) is 4.90 Å². The highest BCUT2D eigenvalue weighted by molar-refractivity contribution is 5.91. The number of urea groups is 1. The normalized spacial score (nSPS) is 10.4. The van der Waals surface area contributed by atoms with Crippen LogP contribution in [0.4, 0.5) is 10.5 Å². The van der Waals surface area contributed by atoms with Crippen LogP contribution in [-0.4, -0.2) is 12.1 Å². The second-order valence-electron chi connectivity index (χ2n) is 3.67. The van der Waals surface area contributed by atoms with Crippen molar-refractivity contribution in [2.24, 2.45) is 11.5 Å². The third-order valence-corrected chi connectivity index (χ3v) is 2.20. The molecular formula is C11H17N3O. The molecule has 0 aliphatic carbocycles. The van der Waals surface area contributed by atoms with E-state index in [-0.39, 0.29) is 6.04 Å². The molecule has 82 valence electrons. The van der Waals surface area contributed by atoms with Gasteiger partial charge < -0.3 is 11.5 Å². The van der Waals surface area contributed by atoms with E-state index in [4.69, 9.17) is 11.5 Å². The first kappa shape index (κ1) is 11.5. The first-order chi connectivity index (χ1) is 7.06. The number of nitrogens with two attached hydrogens (primary N) is 2. The molecular weight excluding hydrogens is 190 g/mol. The Morgan fingerprint density at radius 2 is 1.87 bits per heavy atom. The molecule has 0 atom stereocenters. The van der Waals surface area contributed by atoms with Crippen molar-refractivity contribution >= 4 is 11.7 Å². The zero-order chi connectivity index (χ0) is 11.4. The summed E-state index contributed by atoms with van der Waals surface area (Å²) in [5, 5.41) is 0. The van der Waals surface area contributed by atoms with E-state index in [1.165, 1.54) is 0 Å². The molecule has 0 heterocycles. The molecule has 0 spiro atoms. The number of hydrogen-bond donors (Lipinski definition) is 2. The van der Waals surface area contributed by atoms with E-state index in [1.807, 2.05) is 38.1 Å². The molecule has 4 heteroatoms. The molecule has 0 saturated carbocycles. The van der Waals surface area contributed by atoms with Crippen molar-refractivity contribution in [1.82, 2.24) is 0 Å². The maximum Gasteiger partial charge on any atom is 0.319 e. The molecule has 0 fully saturated rings. The Morgan fingerprint density at radius 1 is 1.33 bits per heavy atom. The smallest absolute Gasteiger partial charge is 0.319 e. The van der Waals surface area contributed by atoms with Gasteiger partial charge in [-0.25, -0.2) is 4.79 Å². The zero-order valence-corrected chi connectivity index (χ0v) is 9.10. The molecule has 15 heavy (non-hydrogen) atoms. The molecule has 0 aliphatic rings. The van der Waals surface area contributed by atoms with Crippen LogP contribution in [0.2, 0.25) is 0 Å².